The first-order valence-corrected chi connectivity index (χ1v) is 8.55. The van der Waals surface area contributed by atoms with Gasteiger partial charge in [-0.05, 0) is 25.0 Å². The Morgan fingerprint density at radius 3 is 2.72 bits per heavy atom. The van der Waals surface area contributed by atoms with Crippen LogP contribution in [0.1, 0.15) is 29.4 Å². The van der Waals surface area contributed by atoms with Gasteiger partial charge in [0, 0.05) is 18.9 Å². The Morgan fingerprint density at radius 1 is 1.32 bits per heavy atom. The van der Waals surface area contributed by atoms with Gasteiger partial charge in [-0.3, -0.25) is 9.59 Å². The molecule has 1 aliphatic carbocycles. The number of nitrogens with one attached hydrogen (secondary N) is 1. The summed E-state index contributed by atoms with van der Waals surface area (Å²) in [7, 11) is 1.49. The Labute approximate surface area is 148 Å². The number of amides is 1. The van der Waals surface area contributed by atoms with E-state index in [1.54, 1.807) is 0 Å². The van der Waals surface area contributed by atoms with Crippen molar-refractivity contribution < 1.29 is 23.5 Å². The predicted molar refractivity (Wildman–Crippen MR) is 90.8 cm³/mol. The number of carbonyl (C=O) groups is 2. The van der Waals surface area contributed by atoms with Gasteiger partial charge in [0.2, 0.25) is 5.91 Å². The fraction of sp³-hybridized carbons (Fsp3) is 0.353. The number of hydrogen-bond acceptors (Lipinski definition) is 6. The zero-order chi connectivity index (χ0) is 18.0. The molecule has 1 aromatic carbocycles. The first kappa shape index (κ1) is 17.3. The number of thiazole rings is 1. The Morgan fingerprint density at radius 2 is 2.08 bits per heavy atom. The summed E-state index contributed by atoms with van der Waals surface area (Å²) in [6, 6.07) is 4.07. The van der Waals surface area contributed by atoms with Crippen LogP contribution in [0.3, 0.4) is 0 Å². The minimum Gasteiger partial charge on any atom is -0.493 e. The van der Waals surface area contributed by atoms with Crippen molar-refractivity contribution in [2.24, 2.45) is 5.92 Å². The van der Waals surface area contributed by atoms with E-state index < -0.39 is 5.82 Å². The lowest BCUT2D eigenvalue weighted by Crippen LogP contribution is -2.40. The van der Waals surface area contributed by atoms with Crippen LogP contribution in [0.5, 0.6) is 11.5 Å². The lowest BCUT2D eigenvalue weighted by atomic mass is 9.81. The highest BCUT2D eigenvalue weighted by molar-refractivity contribution is 7.17. The van der Waals surface area contributed by atoms with E-state index >= 15 is 0 Å². The van der Waals surface area contributed by atoms with Crippen molar-refractivity contribution in [3.05, 3.63) is 35.1 Å². The zero-order valence-electron chi connectivity index (χ0n) is 13.7. The van der Waals surface area contributed by atoms with E-state index in [9.17, 15) is 14.0 Å². The quantitative estimate of drug-likeness (QED) is 0.796. The third kappa shape index (κ3) is 3.96. The molecule has 8 heteroatoms. The lowest BCUT2D eigenvalue weighted by Gasteiger charge is -2.34. The summed E-state index contributed by atoms with van der Waals surface area (Å²) in [5.74, 6) is -0.0652. The minimum absolute atomic E-state index is 0.0841. The lowest BCUT2D eigenvalue weighted by molar-refractivity contribution is -0.125. The van der Waals surface area contributed by atoms with Crippen molar-refractivity contribution in [1.82, 2.24) is 4.98 Å². The average molecular weight is 364 g/mol. The standard InChI is InChI=1S/C17H17FN2O4S/c1-9(21)15-8-19-17(25-15)20-16(22)10-5-12(6-10)24-14-7-11(18)3-4-13(14)23-2/h3-4,7-8,10,12H,5-6H2,1-2H3,(H,19,20,22). The number of aromatic nitrogens is 1. The molecule has 1 aromatic heterocycles. The van der Waals surface area contributed by atoms with Gasteiger partial charge in [-0.2, -0.15) is 0 Å². The van der Waals surface area contributed by atoms with Crippen molar-refractivity contribution in [3.8, 4) is 11.5 Å². The number of methoxy groups -OCH3 is 1. The van der Waals surface area contributed by atoms with Gasteiger partial charge in [-0.25, -0.2) is 9.37 Å². The van der Waals surface area contributed by atoms with Crippen molar-refractivity contribution in [2.45, 2.75) is 25.9 Å². The second kappa shape index (κ2) is 7.18. The van der Waals surface area contributed by atoms with E-state index in [0.717, 1.165) is 11.3 Å². The van der Waals surface area contributed by atoms with Gasteiger partial charge in [-0.15, -0.1) is 0 Å². The molecule has 0 spiro atoms. The van der Waals surface area contributed by atoms with Crippen LogP contribution in [0.2, 0.25) is 0 Å². The fourth-order valence-corrected chi connectivity index (χ4v) is 3.21. The highest BCUT2D eigenvalue weighted by Gasteiger charge is 2.37. The summed E-state index contributed by atoms with van der Waals surface area (Å²) in [6.07, 6.45) is 2.33. The number of hydrogen-bond donors (Lipinski definition) is 1. The van der Waals surface area contributed by atoms with E-state index in [0.29, 0.717) is 34.3 Å². The van der Waals surface area contributed by atoms with Gasteiger partial charge in [-0.1, -0.05) is 11.3 Å². The van der Waals surface area contributed by atoms with Gasteiger partial charge < -0.3 is 14.8 Å². The minimum atomic E-state index is -0.408. The number of rotatable bonds is 6. The highest BCUT2D eigenvalue weighted by Crippen LogP contribution is 2.36. The summed E-state index contributed by atoms with van der Waals surface area (Å²) < 4.78 is 24.2. The van der Waals surface area contributed by atoms with Gasteiger partial charge in [0.1, 0.15) is 11.9 Å². The zero-order valence-corrected chi connectivity index (χ0v) is 14.6. The SMILES string of the molecule is COc1ccc(F)cc1OC1CC(C(=O)Nc2ncc(C(C)=O)s2)C1. The Hall–Kier alpha value is -2.48. The summed E-state index contributed by atoms with van der Waals surface area (Å²) in [4.78, 5) is 27.9. The monoisotopic (exact) mass is 364 g/mol. The van der Waals surface area contributed by atoms with Crippen molar-refractivity contribution in [2.75, 3.05) is 12.4 Å². The molecule has 2 aromatic rings. The largest absolute Gasteiger partial charge is 0.493 e. The molecule has 0 radical (unpaired) electrons. The molecule has 0 bridgehead atoms. The summed E-state index contributed by atoms with van der Waals surface area (Å²) >= 11 is 1.15. The molecule has 132 valence electrons. The molecule has 3 rings (SSSR count). The third-order valence-corrected chi connectivity index (χ3v) is 4.98. The van der Waals surface area contributed by atoms with E-state index in [1.807, 2.05) is 0 Å². The van der Waals surface area contributed by atoms with Crippen LogP contribution in [0.25, 0.3) is 0 Å². The predicted octanol–water partition coefficient (Wildman–Crippen LogP) is 3.29. The number of Topliss-reactive ketones (excluding diaryl/α,β-unsaturated/α-hetero) is 1. The van der Waals surface area contributed by atoms with Crippen LogP contribution in [0.15, 0.2) is 24.4 Å². The summed E-state index contributed by atoms with van der Waals surface area (Å²) in [5.41, 5.74) is 0. The molecule has 0 aliphatic heterocycles. The van der Waals surface area contributed by atoms with Gasteiger partial charge in [0.15, 0.2) is 22.4 Å². The van der Waals surface area contributed by atoms with Crippen LogP contribution in [0.4, 0.5) is 9.52 Å². The van der Waals surface area contributed by atoms with Crippen LogP contribution in [-0.4, -0.2) is 29.9 Å². The van der Waals surface area contributed by atoms with Gasteiger partial charge in [0.25, 0.3) is 0 Å². The molecule has 0 atom stereocenters. The first-order chi connectivity index (χ1) is 12.0. The summed E-state index contributed by atoms with van der Waals surface area (Å²) in [6.45, 7) is 1.45. The van der Waals surface area contributed by atoms with E-state index in [1.165, 1.54) is 38.4 Å². The highest BCUT2D eigenvalue weighted by atomic mass is 32.1. The van der Waals surface area contributed by atoms with Crippen LogP contribution in [-0.2, 0) is 4.79 Å². The number of nitrogens with zero attached hydrogens (tertiary/aromatic N) is 1. The molecular formula is C17H17FN2O4S. The number of anilines is 1. The van der Waals surface area contributed by atoms with Crippen LogP contribution < -0.4 is 14.8 Å². The molecular weight excluding hydrogens is 347 g/mol. The number of halogens is 1. The molecule has 1 fully saturated rings. The maximum Gasteiger partial charge on any atom is 0.229 e. The Kier molecular flexibility index (Phi) is 4.98. The first-order valence-electron chi connectivity index (χ1n) is 7.74. The Balaban J connectivity index is 1.52. The molecule has 0 saturated heterocycles. The number of ether oxygens (including phenoxy) is 2. The second-order valence-corrected chi connectivity index (χ2v) is 6.81. The molecule has 6 nitrogen and oxygen atoms in total. The molecule has 1 amide bonds. The topological polar surface area (TPSA) is 77.5 Å². The fourth-order valence-electron chi connectivity index (χ4n) is 2.50. The van der Waals surface area contributed by atoms with E-state index in [-0.39, 0.29) is 23.7 Å². The maximum absolute atomic E-state index is 13.3. The number of carbonyl (C=O) groups excluding carboxylic acids is 2. The van der Waals surface area contributed by atoms with Gasteiger partial charge in [0.05, 0.1) is 18.2 Å². The number of benzene rings is 1. The number of ketones is 1. The molecule has 0 unspecified atom stereocenters. The third-order valence-electron chi connectivity index (χ3n) is 3.97. The molecule has 25 heavy (non-hydrogen) atoms. The van der Waals surface area contributed by atoms with Crippen molar-refractivity contribution in [3.63, 3.8) is 0 Å². The van der Waals surface area contributed by atoms with Gasteiger partial charge >= 0.3 is 0 Å². The summed E-state index contributed by atoms with van der Waals surface area (Å²) in [5, 5.41) is 3.12. The van der Waals surface area contributed by atoms with Crippen molar-refractivity contribution >= 4 is 28.2 Å². The second-order valence-electron chi connectivity index (χ2n) is 5.78. The Bertz CT molecular complexity index is 802. The smallest absolute Gasteiger partial charge is 0.229 e. The van der Waals surface area contributed by atoms with Crippen LogP contribution in [0, 0.1) is 11.7 Å². The van der Waals surface area contributed by atoms with E-state index in [2.05, 4.69) is 10.3 Å². The average Bonchev–Trinajstić information content (AvgIpc) is 2.99. The van der Waals surface area contributed by atoms with Crippen molar-refractivity contribution in [1.29, 1.82) is 0 Å². The maximum atomic E-state index is 13.3. The molecule has 1 heterocycles. The van der Waals surface area contributed by atoms with Crippen LogP contribution >= 0.6 is 11.3 Å². The molecule has 1 N–H and O–H groups in total. The van der Waals surface area contributed by atoms with E-state index in [4.69, 9.17) is 9.47 Å². The normalized spacial score (nSPS) is 19.0. The molecule has 1 aliphatic rings. The molecule has 1 saturated carbocycles.